The van der Waals surface area contributed by atoms with Crippen molar-refractivity contribution >= 4 is 18.5 Å². The molecule has 0 unspecified atom stereocenters. The van der Waals surface area contributed by atoms with Crippen LogP contribution in [-0.2, 0) is 0 Å². The molecule has 11 heavy (non-hydrogen) atoms. The lowest BCUT2D eigenvalue weighted by Crippen LogP contribution is -2.18. The van der Waals surface area contributed by atoms with E-state index < -0.39 is 7.38 Å². The van der Waals surface area contributed by atoms with Gasteiger partial charge in [0.25, 0.3) is 0 Å². The molecule has 0 bridgehead atoms. The first kappa shape index (κ1) is 10.7. The molecule has 2 heteroatoms. The van der Waals surface area contributed by atoms with Gasteiger partial charge < -0.3 is 0 Å². The quantitative estimate of drug-likeness (QED) is 0.468. The Morgan fingerprint density at radius 1 is 0.818 bits per heavy atom. The summed E-state index contributed by atoms with van der Waals surface area (Å²) < 4.78 is 0. The molecule has 0 amide bonds. The summed E-state index contributed by atoms with van der Waals surface area (Å²) >= 11 is 6.32. The Morgan fingerprint density at radius 2 is 1.09 bits per heavy atom. The smallest absolute Gasteiger partial charge is 0.151 e. The molecule has 0 saturated heterocycles. The van der Waals surface area contributed by atoms with E-state index in [2.05, 4.69) is 17.1 Å². The number of allylic oxidation sites excluding steroid dienone is 3. The third-order valence-electron chi connectivity index (χ3n) is 1.27. The van der Waals surface area contributed by atoms with Gasteiger partial charge in [-0.1, -0.05) is 35.3 Å². The van der Waals surface area contributed by atoms with E-state index in [4.69, 9.17) is 11.1 Å². The summed E-state index contributed by atoms with van der Waals surface area (Å²) in [5, 5.41) is 0. The maximum Gasteiger partial charge on any atom is 0.225 e. The van der Waals surface area contributed by atoms with E-state index in [-0.39, 0.29) is 0 Å². The monoisotopic (exact) mass is 186 g/mol. The highest BCUT2D eigenvalue weighted by atomic mass is 35.6. The van der Waals surface area contributed by atoms with E-state index in [0.29, 0.717) is 0 Å². The average Bonchev–Trinajstić information content (AvgIpc) is 1.88. The summed E-state index contributed by atoms with van der Waals surface area (Å²) in [5.74, 6) is 0. The summed E-state index contributed by atoms with van der Waals surface area (Å²) in [6, 6.07) is 0. The molecule has 0 aliphatic heterocycles. The molecule has 0 aromatic heterocycles. The predicted molar refractivity (Wildman–Crippen MR) is 56.0 cm³/mol. The zero-order valence-electron chi connectivity index (χ0n) is 7.34. The number of halogens is 1. The van der Waals surface area contributed by atoms with Crippen molar-refractivity contribution in [2.24, 2.45) is 0 Å². The van der Waals surface area contributed by atoms with E-state index in [0.717, 1.165) is 0 Å². The van der Waals surface area contributed by atoms with Gasteiger partial charge in [0.2, 0.25) is 7.38 Å². The van der Waals surface area contributed by atoms with Crippen LogP contribution in [0.3, 0.4) is 0 Å². The Labute approximate surface area is 75.0 Å². The Morgan fingerprint density at radius 3 is 1.27 bits per heavy atom. The Hall–Kier alpha value is -0.273. The molecule has 0 N–H and O–H groups in total. The zero-order valence-corrected chi connectivity index (χ0v) is 9.10. The topological polar surface area (TPSA) is 0 Å². The second kappa shape index (κ2) is 5.39. The Balaban J connectivity index is 4.51. The molecule has 0 spiro atoms. The maximum absolute atomic E-state index is 6.32. The van der Waals surface area contributed by atoms with Gasteiger partial charge in [-0.2, -0.15) is 11.1 Å². The number of hydrogen-bond donors (Lipinski definition) is 0. The van der Waals surface area contributed by atoms with Gasteiger partial charge >= 0.3 is 0 Å². The van der Waals surface area contributed by atoms with Crippen LogP contribution in [0.5, 0.6) is 0 Å². The van der Waals surface area contributed by atoms with Gasteiger partial charge in [0.15, 0.2) is 0 Å². The fraction of sp³-hybridized carbons (Fsp3) is 0.333. The van der Waals surface area contributed by atoms with E-state index in [1.54, 1.807) is 0 Å². The maximum atomic E-state index is 6.32. The summed E-state index contributed by atoms with van der Waals surface area (Å²) in [5.41, 5.74) is 6.28. The van der Waals surface area contributed by atoms with E-state index in [1.807, 2.05) is 39.0 Å². The normalized spacial score (nSPS) is 14.2. The van der Waals surface area contributed by atoms with Crippen molar-refractivity contribution in [1.82, 2.24) is 0 Å². The molecule has 0 radical (unpaired) electrons. The summed E-state index contributed by atoms with van der Waals surface area (Å²) in [6.07, 6.45) is 6.04. The molecule has 0 aliphatic carbocycles. The van der Waals surface area contributed by atoms with Gasteiger partial charge in [-0.3, -0.25) is 0 Å². The highest BCUT2D eigenvalue weighted by Gasteiger charge is 2.18. The van der Waals surface area contributed by atoms with Gasteiger partial charge in [-0.25, -0.2) is 0 Å². The van der Waals surface area contributed by atoms with Crippen LogP contribution in [0.15, 0.2) is 35.3 Å². The van der Waals surface area contributed by atoms with Crippen LogP contribution >= 0.6 is 11.1 Å². The van der Waals surface area contributed by atoms with E-state index in [1.165, 1.54) is 0 Å². The molecular weight excluding hydrogens is 172 g/mol. The molecule has 0 aromatic carbocycles. The molecular formula is C9H15ClSi. The predicted octanol–water partition coefficient (Wildman–Crippen LogP) is 3.52. The third kappa shape index (κ3) is 4.22. The molecule has 0 aromatic rings. The lowest BCUT2D eigenvalue weighted by atomic mass is 10.8. The fourth-order valence-electron chi connectivity index (χ4n) is 0.933. The van der Waals surface area contributed by atoms with Crippen molar-refractivity contribution in [2.75, 3.05) is 0 Å². The Kier molecular flexibility index (Phi) is 5.25. The minimum Gasteiger partial charge on any atom is -0.151 e. The van der Waals surface area contributed by atoms with Crippen molar-refractivity contribution in [3.63, 3.8) is 0 Å². The van der Waals surface area contributed by atoms with Crippen LogP contribution in [-0.4, -0.2) is 7.38 Å². The third-order valence-corrected chi connectivity index (χ3v) is 4.93. The van der Waals surface area contributed by atoms with Crippen LogP contribution < -0.4 is 0 Å². The van der Waals surface area contributed by atoms with Crippen LogP contribution in [0.25, 0.3) is 0 Å². The van der Waals surface area contributed by atoms with Gasteiger partial charge in [-0.15, -0.1) is 0 Å². The summed E-state index contributed by atoms with van der Waals surface area (Å²) in [7, 11) is -1.82. The van der Waals surface area contributed by atoms with E-state index in [9.17, 15) is 0 Å². The van der Waals surface area contributed by atoms with Gasteiger partial charge in [-0.05, 0) is 20.8 Å². The molecule has 0 aliphatic rings. The number of hydrogen-bond acceptors (Lipinski definition) is 0. The lowest BCUT2D eigenvalue weighted by molar-refractivity contribution is 1.73. The van der Waals surface area contributed by atoms with Crippen LogP contribution in [0.1, 0.15) is 20.8 Å². The lowest BCUT2D eigenvalue weighted by Gasteiger charge is -2.08. The van der Waals surface area contributed by atoms with Crippen molar-refractivity contribution in [1.29, 1.82) is 0 Å². The van der Waals surface area contributed by atoms with Crippen LogP contribution in [0.4, 0.5) is 0 Å². The first-order valence-corrected chi connectivity index (χ1v) is 7.03. The SMILES string of the molecule is C/C=C/[Si](Cl)(/C=C/C)/C=C/C. The largest absolute Gasteiger partial charge is 0.225 e. The molecule has 62 valence electrons. The Bertz CT molecular complexity index is 149. The van der Waals surface area contributed by atoms with Gasteiger partial charge in [0, 0.05) is 0 Å². The van der Waals surface area contributed by atoms with Crippen LogP contribution in [0.2, 0.25) is 0 Å². The van der Waals surface area contributed by atoms with Crippen molar-refractivity contribution < 1.29 is 0 Å². The molecule has 0 nitrogen and oxygen atoms in total. The molecule has 0 atom stereocenters. The van der Waals surface area contributed by atoms with Crippen molar-refractivity contribution in [2.45, 2.75) is 20.8 Å². The van der Waals surface area contributed by atoms with Crippen LogP contribution in [0, 0.1) is 0 Å². The van der Waals surface area contributed by atoms with E-state index >= 15 is 0 Å². The molecule has 0 fully saturated rings. The molecule has 0 rings (SSSR count). The molecule has 0 heterocycles. The van der Waals surface area contributed by atoms with Gasteiger partial charge in [0.1, 0.15) is 0 Å². The highest BCUT2D eigenvalue weighted by molar-refractivity contribution is 7.28. The van der Waals surface area contributed by atoms with Crippen molar-refractivity contribution in [3.8, 4) is 0 Å². The van der Waals surface area contributed by atoms with Gasteiger partial charge in [0.05, 0.1) is 0 Å². The average molecular weight is 187 g/mol. The zero-order chi connectivity index (χ0) is 8.74. The number of rotatable bonds is 3. The fourth-order valence-corrected chi connectivity index (χ4v) is 3.93. The molecule has 0 saturated carbocycles. The first-order chi connectivity index (χ1) is 5.18. The second-order valence-corrected chi connectivity index (χ2v) is 6.95. The highest BCUT2D eigenvalue weighted by Crippen LogP contribution is 2.14. The van der Waals surface area contributed by atoms with Crippen molar-refractivity contribution in [3.05, 3.63) is 35.3 Å². The summed E-state index contributed by atoms with van der Waals surface area (Å²) in [6.45, 7) is 5.99. The second-order valence-electron chi connectivity index (χ2n) is 2.33. The minimum absolute atomic E-state index is 1.82. The standard InChI is InChI=1S/C9H15ClSi/c1-4-7-11(10,8-5-2)9-6-3/h4-9H,1-3H3/b7-4+,8-5+,9-6+. The minimum atomic E-state index is -1.82. The summed E-state index contributed by atoms with van der Waals surface area (Å²) in [4.78, 5) is 0. The first-order valence-electron chi connectivity index (χ1n) is 3.79.